The van der Waals surface area contributed by atoms with E-state index in [4.69, 9.17) is 5.73 Å². The highest BCUT2D eigenvalue weighted by atomic mass is 16.2. The van der Waals surface area contributed by atoms with Gasteiger partial charge in [0.2, 0.25) is 5.91 Å². The monoisotopic (exact) mass is 346 g/mol. The third-order valence-electron chi connectivity index (χ3n) is 4.88. The molecule has 1 aromatic carbocycles. The Kier molecular flexibility index (Phi) is 6.42. The molecule has 0 aliphatic carbocycles. The summed E-state index contributed by atoms with van der Waals surface area (Å²) >= 11 is 0. The maximum Gasteiger partial charge on any atom is 0.322 e. The number of hydrogen-bond donors (Lipinski definition) is 2. The normalized spacial score (nSPS) is 18.9. The number of primary amides is 1. The van der Waals surface area contributed by atoms with Gasteiger partial charge in [-0.25, -0.2) is 4.79 Å². The molecule has 0 spiro atoms. The number of aryl methyl sites for hydroxylation is 1. The van der Waals surface area contributed by atoms with E-state index in [0.29, 0.717) is 17.2 Å². The van der Waals surface area contributed by atoms with Gasteiger partial charge in [0.15, 0.2) is 0 Å². The molecule has 1 fully saturated rings. The fourth-order valence-electron chi connectivity index (χ4n) is 3.60. The molecule has 1 aliphatic rings. The lowest BCUT2D eigenvalue weighted by Crippen LogP contribution is -2.50. The quantitative estimate of drug-likeness (QED) is 0.860. The summed E-state index contributed by atoms with van der Waals surface area (Å²) in [6, 6.07) is 5.27. The number of hydrogen-bond acceptors (Lipinski definition) is 3. The zero-order valence-electron chi connectivity index (χ0n) is 15.7. The second kappa shape index (κ2) is 8.34. The molecule has 6 nitrogen and oxygen atoms in total. The Bertz CT molecular complexity index is 630. The van der Waals surface area contributed by atoms with Crippen LogP contribution in [0.4, 0.5) is 10.5 Å². The van der Waals surface area contributed by atoms with Crippen LogP contribution in [-0.2, 0) is 0 Å². The van der Waals surface area contributed by atoms with Crippen molar-refractivity contribution >= 4 is 17.6 Å². The van der Waals surface area contributed by atoms with Crippen molar-refractivity contribution in [2.75, 3.05) is 32.5 Å². The number of nitrogens with zero attached hydrogens (tertiary/aromatic N) is 2. The third kappa shape index (κ3) is 4.95. The molecule has 1 aliphatic heterocycles. The van der Waals surface area contributed by atoms with Crippen LogP contribution in [0, 0.1) is 12.8 Å². The number of anilines is 1. The molecular formula is C19H30N4O2. The summed E-state index contributed by atoms with van der Waals surface area (Å²) in [6.07, 6.45) is 3.21. The maximum atomic E-state index is 12.9. The molecule has 0 aromatic heterocycles. The predicted molar refractivity (Wildman–Crippen MR) is 101 cm³/mol. The van der Waals surface area contributed by atoms with Crippen molar-refractivity contribution in [3.63, 3.8) is 0 Å². The van der Waals surface area contributed by atoms with Crippen LogP contribution in [0.1, 0.15) is 42.1 Å². The van der Waals surface area contributed by atoms with E-state index in [1.165, 1.54) is 0 Å². The second-order valence-corrected chi connectivity index (χ2v) is 7.32. The number of carbonyl (C=O) groups excluding carboxylic acids is 2. The molecule has 3 amide bonds. The number of rotatable bonds is 5. The summed E-state index contributed by atoms with van der Waals surface area (Å²) in [6.45, 7) is 5.82. The number of piperidine rings is 1. The van der Waals surface area contributed by atoms with E-state index in [1.807, 2.05) is 11.8 Å². The van der Waals surface area contributed by atoms with Gasteiger partial charge in [0, 0.05) is 30.4 Å². The molecule has 0 radical (unpaired) electrons. The van der Waals surface area contributed by atoms with Crippen LogP contribution in [0.25, 0.3) is 0 Å². The van der Waals surface area contributed by atoms with Crippen molar-refractivity contribution < 1.29 is 9.59 Å². The van der Waals surface area contributed by atoms with Gasteiger partial charge in [0.1, 0.15) is 0 Å². The first-order valence-corrected chi connectivity index (χ1v) is 8.92. The van der Waals surface area contributed by atoms with Crippen LogP contribution < -0.4 is 11.1 Å². The zero-order valence-corrected chi connectivity index (χ0v) is 15.7. The standard InChI is InChI=1S/C19H30N4O2/c1-13-8-9-15(18(20)24)11-16(13)21-19(25)23-10-6-5-7-17(23)14(2)12-22(3)4/h8-9,11,14,17H,5-7,10,12H2,1-4H3,(H2,20,24)(H,21,25). The van der Waals surface area contributed by atoms with E-state index in [-0.39, 0.29) is 12.1 Å². The van der Waals surface area contributed by atoms with Crippen LogP contribution >= 0.6 is 0 Å². The van der Waals surface area contributed by atoms with Crippen molar-refractivity contribution in [2.45, 2.75) is 39.2 Å². The van der Waals surface area contributed by atoms with Gasteiger partial charge < -0.3 is 20.9 Å². The summed E-state index contributed by atoms with van der Waals surface area (Å²) in [5.41, 5.74) is 7.30. The molecule has 3 N–H and O–H groups in total. The summed E-state index contributed by atoms with van der Waals surface area (Å²) in [4.78, 5) is 28.4. The highest BCUT2D eigenvalue weighted by Gasteiger charge is 2.31. The number of nitrogens with one attached hydrogen (secondary N) is 1. The number of nitrogens with two attached hydrogens (primary N) is 1. The van der Waals surface area contributed by atoms with Crippen molar-refractivity contribution in [1.29, 1.82) is 0 Å². The minimum atomic E-state index is -0.494. The topological polar surface area (TPSA) is 78.7 Å². The van der Waals surface area contributed by atoms with Crippen molar-refractivity contribution in [3.05, 3.63) is 29.3 Å². The van der Waals surface area contributed by atoms with Crippen molar-refractivity contribution in [1.82, 2.24) is 9.80 Å². The van der Waals surface area contributed by atoms with Crippen LogP contribution in [0.15, 0.2) is 18.2 Å². The Morgan fingerprint density at radius 3 is 2.72 bits per heavy atom. The first kappa shape index (κ1) is 19.2. The fourth-order valence-corrected chi connectivity index (χ4v) is 3.60. The highest BCUT2D eigenvalue weighted by molar-refractivity contribution is 5.96. The SMILES string of the molecule is Cc1ccc(C(N)=O)cc1NC(=O)N1CCCCC1C(C)CN(C)C. The lowest BCUT2D eigenvalue weighted by Gasteiger charge is -2.40. The average Bonchev–Trinajstić information content (AvgIpc) is 2.56. The summed E-state index contributed by atoms with van der Waals surface area (Å²) < 4.78 is 0. The number of likely N-dealkylation sites (tertiary alicyclic amines) is 1. The van der Waals surface area contributed by atoms with Gasteiger partial charge in [-0.3, -0.25) is 4.79 Å². The van der Waals surface area contributed by atoms with Gasteiger partial charge in [0.25, 0.3) is 0 Å². The van der Waals surface area contributed by atoms with Crippen LogP contribution in [-0.4, -0.2) is 55.0 Å². The Hall–Kier alpha value is -2.08. The van der Waals surface area contributed by atoms with Crippen LogP contribution in [0.5, 0.6) is 0 Å². The van der Waals surface area contributed by atoms with E-state index in [1.54, 1.807) is 18.2 Å². The zero-order chi connectivity index (χ0) is 18.6. The number of amides is 3. The number of urea groups is 1. The Morgan fingerprint density at radius 2 is 2.08 bits per heavy atom. The van der Waals surface area contributed by atoms with E-state index in [2.05, 4.69) is 31.2 Å². The van der Waals surface area contributed by atoms with Crippen LogP contribution in [0.2, 0.25) is 0 Å². The van der Waals surface area contributed by atoms with Gasteiger partial charge in [0.05, 0.1) is 0 Å². The molecule has 1 aromatic rings. The number of carbonyl (C=O) groups is 2. The van der Waals surface area contributed by atoms with Gasteiger partial charge in [-0.15, -0.1) is 0 Å². The Morgan fingerprint density at radius 1 is 1.36 bits per heavy atom. The Balaban J connectivity index is 2.15. The minimum absolute atomic E-state index is 0.0972. The predicted octanol–water partition coefficient (Wildman–Crippen LogP) is 2.68. The Labute approximate surface area is 150 Å². The van der Waals surface area contributed by atoms with Gasteiger partial charge in [-0.05, 0) is 63.9 Å². The van der Waals surface area contributed by atoms with E-state index < -0.39 is 5.91 Å². The van der Waals surface area contributed by atoms with Crippen molar-refractivity contribution in [2.24, 2.45) is 11.7 Å². The molecule has 2 rings (SSSR count). The van der Waals surface area contributed by atoms with Gasteiger partial charge in [-0.1, -0.05) is 13.0 Å². The van der Waals surface area contributed by atoms with Gasteiger partial charge in [-0.2, -0.15) is 0 Å². The minimum Gasteiger partial charge on any atom is -0.366 e. The highest BCUT2D eigenvalue weighted by Crippen LogP contribution is 2.25. The van der Waals surface area contributed by atoms with Crippen LogP contribution in [0.3, 0.4) is 0 Å². The molecule has 0 saturated carbocycles. The van der Waals surface area contributed by atoms with Crippen molar-refractivity contribution in [3.8, 4) is 0 Å². The summed E-state index contributed by atoms with van der Waals surface area (Å²) in [7, 11) is 4.12. The molecule has 2 atom stereocenters. The average molecular weight is 346 g/mol. The van der Waals surface area contributed by atoms with E-state index in [0.717, 1.165) is 37.9 Å². The maximum absolute atomic E-state index is 12.9. The lowest BCUT2D eigenvalue weighted by atomic mass is 9.91. The molecule has 25 heavy (non-hydrogen) atoms. The third-order valence-corrected chi connectivity index (χ3v) is 4.88. The second-order valence-electron chi connectivity index (χ2n) is 7.32. The van der Waals surface area contributed by atoms with E-state index >= 15 is 0 Å². The largest absolute Gasteiger partial charge is 0.366 e. The van der Waals surface area contributed by atoms with E-state index in [9.17, 15) is 9.59 Å². The fraction of sp³-hybridized carbons (Fsp3) is 0.579. The van der Waals surface area contributed by atoms with Gasteiger partial charge >= 0.3 is 6.03 Å². The molecule has 1 heterocycles. The first-order valence-electron chi connectivity index (χ1n) is 8.92. The molecule has 1 saturated heterocycles. The molecule has 138 valence electrons. The summed E-state index contributed by atoms with van der Waals surface area (Å²) in [5.74, 6) is -0.0925. The molecular weight excluding hydrogens is 316 g/mol. The molecule has 0 bridgehead atoms. The first-order chi connectivity index (χ1) is 11.8. The number of benzene rings is 1. The molecule has 2 unspecified atom stereocenters. The lowest BCUT2D eigenvalue weighted by molar-refractivity contribution is 0.1000. The smallest absolute Gasteiger partial charge is 0.322 e. The molecule has 6 heteroatoms. The summed E-state index contributed by atoms with van der Waals surface area (Å²) in [5, 5.41) is 2.98.